The van der Waals surface area contributed by atoms with Crippen LogP contribution in [0.15, 0.2) is 18.2 Å². The SMILES string of the molecule is Cc1ccc(C#C[C@@H]2[C@@H]3C[C@@H]4[C@H]2OC(=O)[C@@H]4C3)c(C)c1. The lowest BCUT2D eigenvalue weighted by Crippen LogP contribution is -2.25. The summed E-state index contributed by atoms with van der Waals surface area (Å²) in [4.78, 5) is 11.7. The maximum Gasteiger partial charge on any atom is 0.309 e. The minimum Gasteiger partial charge on any atom is -0.460 e. The Morgan fingerprint density at radius 3 is 2.90 bits per heavy atom. The van der Waals surface area contributed by atoms with Crippen LogP contribution < -0.4 is 0 Å². The molecule has 1 aliphatic heterocycles. The molecule has 2 heteroatoms. The molecule has 1 saturated heterocycles. The molecule has 1 aromatic carbocycles. The molecule has 0 amide bonds. The van der Waals surface area contributed by atoms with Crippen molar-refractivity contribution >= 4 is 5.97 Å². The molecule has 0 unspecified atom stereocenters. The molecule has 0 spiro atoms. The molecule has 2 bridgehead atoms. The fraction of sp³-hybridized carbons (Fsp3) is 0.500. The summed E-state index contributed by atoms with van der Waals surface area (Å²) in [6, 6.07) is 6.36. The maximum absolute atomic E-state index is 11.7. The van der Waals surface area contributed by atoms with Crippen LogP contribution in [-0.2, 0) is 9.53 Å². The van der Waals surface area contributed by atoms with E-state index >= 15 is 0 Å². The number of hydrogen-bond acceptors (Lipinski definition) is 2. The van der Waals surface area contributed by atoms with Gasteiger partial charge >= 0.3 is 5.97 Å². The third kappa shape index (κ3) is 1.62. The molecule has 2 aliphatic carbocycles. The Kier molecular flexibility index (Phi) is 2.48. The summed E-state index contributed by atoms with van der Waals surface area (Å²) in [5, 5.41) is 0. The number of esters is 1. The molecule has 1 heterocycles. The molecule has 2 saturated carbocycles. The minimum atomic E-state index is 0.0262. The van der Waals surface area contributed by atoms with Gasteiger partial charge in [-0.05, 0) is 44.2 Å². The van der Waals surface area contributed by atoms with E-state index in [1.807, 2.05) is 0 Å². The van der Waals surface area contributed by atoms with E-state index in [0.29, 0.717) is 11.8 Å². The van der Waals surface area contributed by atoms with Gasteiger partial charge in [-0.25, -0.2) is 0 Å². The van der Waals surface area contributed by atoms with Crippen molar-refractivity contribution in [3.05, 3.63) is 34.9 Å². The fourth-order valence-corrected chi connectivity index (χ4v) is 4.27. The van der Waals surface area contributed by atoms with Crippen molar-refractivity contribution in [2.45, 2.75) is 32.8 Å². The average Bonchev–Trinajstić information content (AvgIpc) is 3.01. The predicted octanol–water partition coefficient (Wildman–Crippen LogP) is 2.85. The van der Waals surface area contributed by atoms with Crippen LogP contribution >= 0.6 is 0 Å². The van der Waals surface area contributed by atoms with Gasteiger partial charge in [-0.2, -0.15) is 0 Å². The number of hydrogen-bond donors (Lipinski definition) is 0. The number of rotatable bonds is 0. The Labute approximate surface area is 119 Å². The summed E-state index contributed by atoms with van der Waals surface area (Å²) in [6.45, 7) is 4.20. The summed E-state index contributed by atoms with van der Waals surface area (Å²) in [6.07, 6.45) is 2.20. The number of fused-ring (bicyclic) bond motifs is 1. The second kappa shape index (κ2) is 4.12. The van der Waals surface area contributed by atoms with Crippen LogP contribution in [0.4, 0.5) is 0 Å². The second-order valence-corrected chi connectivity index (χ2v) is 6.52. The number of ether oxygens (including phenoxy) is 1. The van der Waals surface area contributed by atoms with E-state index in [1.54, 1.807) is 0 Å². The van der Waals surface area contributed by atoms with E-state index in [-0.39, 0.29) is 23.9 Å². The lowest BCUT2D eigenvalue weighted by molar-refractivity contribution is -0.143. The van der Waals surface area contributed by atoms with E-state index in [1.165, 1.54) is 11.1 Å². The number of carbonyl (C=O) groups is 1. The first kappa shape index (κ1) is 12.0. The Morgan fingerprint density at radius 2 is 2.10 bits per heavy atom. The highest BCUT2D eigenvalue weighted by Crippen LogP contribution is 2.57. The van der Waals surface area contributed by atoms with Gasteiger partial charge in [0, 0.05) is 11.5 Å². The Hall–Kier alpha value is -1.75. The van der Waals surface area contributed by atoms with Crippen molar-refractivity contribution in [2.75, 3.05) is 0 Å². The van der Waals surface area contributed by atoms with Gasteiger partial charge in [0.2, 0.25) is 0 Å². The third-order valence-electron chi connectivity index (χ3n) is 5.24. The molecule has 3 aliphatic rings. The first-order valence-electron chi connectivity index (χ1n) is 7.43. The first-order chi connectivity index (χ1) is 9.63. The molecular weight excluding hydrogens is 248 g/mol. The number of benzene rings is 1. The zero-order chi connectivity index (χ0) is 13.9. The van der Waals surface area contributed by atoms with Gasteiger partial charge in [0.25, 0.3) is 0 Å². The van der Waals surface area contributed by atoms with Crippen molar-refractivity contribution in [1.29, 1.82) is 0 Å². The molecule has 4 rings (SSSR count). The van der Waals surface area contributed by atoms with Crippen LogP contribution in [-0.4, -0.2) is 12.1 Å². The van der Waals surface area contributed by atoms with Gasteiger partial charge in [-0.15, -0.1) is 0 Å². The molecule has 1 aromatic rings. The van der Waals surface area contributed by atoms with Crippen LogP contribution in [0, 0.1) is 49.4 Å². The molecule has 20 heavy (non-hydrogen) atoms. The second-order valence-electron chi connectivity index (χ2n) is 6.52. The zero-order valence-corrected chi connectivity index (χ0v) is 11.8. The Bertz CT molecular complexity index is 649. The van der Waals surface area contributed by atoms with E-state index in [4.69, 9.17) is 4.74 Å². The standard InChI is InChI=1S/C18H18O2/c1-10-3-4-12(11(2)7-10)5-6-14-13-8-15-16(9-13)18(19)20-17(14)15/h3-4,7,13-17H,8-9H2,1-2H3/t13-,14-,15+,16-,17+/m1/s1. The quantitative estimate of drug-likeness (QED) is 0.533. The van der Waals surface area contributed by atoms with Gasteiger partial charge in [0.1, 0.15) is 6.10 Å². The predicted molar refractivity (Wildman–Crippen MR) is 75.9 cm³/mol. The number of carbonyl (C=O) groups excluding carboxylic acids is 1. The molecule has 102 valence electrons. The van der Waals surface area contributed by atoms with Crippen molar-refractivity contribution in [3.8, 4) is 11.8 Å². The van der Waals surface area contributed by atoms with Crippen LogP contribution in [0.2, 0.25) is 0 Å². The normalized spacial score (nSPS) is 36.7. The molecule has 0 aromatic heterocycles. The zero-order valence-electron chi connectivity index (χ0n) is 11.8. The van der Waals surface area contributed by atoms with E-state index in [9.17, 15) is 4.79 Å². The van der Waals surface area contributed by atoms with Gasteiger partial charge in [-0.3, -0.25) is 4.79 Å². The third-order valence-corrected chi connectivity index (χ3v) is 5.24. The van der Waals surface area contributed by atoms with Gasteiger partial charge < -0.3 is 4.74 Å². The Morgan fingerprint density at radius 1 is 1.25 bits per heavy atom. The summed E-state index contributed by atoms with van der Waals surface area (Å²) in [5.74, 6) is 8.22. The lowest BCUT2D eigenvalue weighted by Gasteiger charge is -2.20. The van der Waals surface area contributed by atoms with E-state index < -0.39 is 0 Å². The smallest absolute Gasteiger partial charge is 0.309 e. The monoisotopic (exact) mass is 266 g/mol. The van der Waals surface area contributed by atoms with Gasteiger partial charge in [0.05, 0.1) is 11.8 Å². The van der Waals surface area contributed by atoms with E-state index in [0.717, 1.165) is 18.4 Å². The first-order valence-corrected chi connectivity index (χ1v) is 7.43. The van der Waals surface area contributed by atoms with E-state index in [2.05, 4.69) is 43.9 Å². The molecule has 5 atom stereocenters. The summed E-state index contributed by atoms with van der Waals surface area (Å²) < 4.78 is 5.55. The summed E-state index contributed by atoms with van der Waals surface area (Å²) in [5.41, 5.74) is 3.58. The maximum atomic E-state index is 11.7. The van der Waals surface area contributed by atoms with Crippen LogP contribution in [0.25, 0.3) is 0 Å². The molecular formula is C18H18O2. The largest absolute Gasteiger partial charge is 0.460 e. The summed E-state index contributed by atoms with van der Waals surface area (Å²) >= 11 is 0. The highest BCUT2D eigenvalue weighted by atomic mass is 16.6. The minimum absolute atomic E-state index is 0.0262. The average molecular weight is 266 g/mol. The van der Waals surface area contributed by atoms with Crippen LogP contribution in [0.1, 0.15) is 29.5 Å². The summed E-state index contributed by atoms with van der Waals surface area (Å²) in [7, 11) is 0. The van der Waals surface area contributed by atoms with Crippen LogP contribution in [0.3, 0.4) is 0 Å². The topological polar surface area (TPSA) is 26.3 Å². The number of aryl methyl sites for hydroxylation is 2. The highest BCUT2D eigenvalue weighted by Gasteiger charge is 2.61. The van der Waals surface area contributed by atoms with Gasteiger partial charge in [0.15, 0.2) is 0 Å². The van der Waals surface area contributed by atoms with Crippen molar-refractivity contribution in [2.24, 2.45) is 23.7 Å². The fourth-order valence-electron chi connectivity index (χ4n) is 4.27. The highest BCUT2D eigenvalue weighted by molar-refractivity contribution is 5.76. The Balaban J connectivity index is 1.62. The molecule has 3 fully saturated rings. The van der Waals surface area contributed by atoms with Crippen molar-refractivity contribution in [1.82, 2.24) is 0 Å². The van der Waals surface area contributed by atoms with Crippen molar-refractivity contribution in [3.63, 3.8) is 0 Å². The molecule has 2 nitrogen and oxygen atoms in total. The van der Waals surface area contributed by atoms with Crippen LogP contribution in [0.5, 0.6) is 0 Å². The van der Waals surface area contributed by atoms with Gasteiger partial charge in [-0.1, -0.05) is 29.5 Å². The lowest BCUT2D eigenvalue weighted by atomic mass is 9.82. The van der Waals surface area contributed by atoms with Crippen molar-refractivity contribution < 1.29 is 9.53 Å². The molecule has 0 radical (unpaired) electrons. The molecule has 0 N–H and O–H groups in total.